The second-order valence-corrected chi connectivity index (χ2v) is 4.41. The molecular formula is C16H28O2. The van der Waals surface area contributed by atoms with Gasteiger partial charge in [0.05, 0.1) is 13.0 Å². The molecule has 0 aromatic heterocycles. The maximum Gasteiger partial charge on any atom is 0.309 e. The first-order chi connectivity index (χ1) is 8.81. The van der Waals surface area contributed by atoms with Gasteiger partial charge < -0.3 is 4.74 Å². The number of carbonyl (C=O) groups excluding carboxylic acids is 1. The molecule has 104 valence electrons. The fourth-order valence-corrected chi connectivity index (χ4v) is 1.57. The lowest BCUT2D eigenvalue weighted by molar-refractivity contribution is -0.142. The Kier molecular flexibility index (Phi) is 13.2. The summed E-state index contributed by atoms with van der Waals surface area (Å²) in [6, 6.07) is 0. The van der Waals surface area contributed by atoms with Gasteiger partial charge >= 0.3 is 5.97 Å². The minimum atomic E-state index is -0.129. The molecule has 0 aromatic carbocycles. The first-order valence-corrected chi connectivity index (χ1v) is 7.26. The van der Waals surface area contributed by atoms with Crippen LogP contribution in [0.2, 0.25) is 0 Å². The van der Waals surface area contributed by atoms with Gasteiger partial charge in [-0.25, -0.2) is 0 Å². The van der Waals surface area contributed by atoms with Crippen LogP contribution >= 0.6 is 0 Å². The summed E-state index contributed by atoms with van der Waals surface area (Å²) in [7, 11) is 0. The highest BCUT2D eigenvalue weighted by Gasteiger charge is 1.97. The smallest absolute Gasteiger partial charge is 0.309 e. The van der Waals surface area contributed by atoms with E-state index in [0.717, 1.165) is 19.3 Å². The van der Waals surface area contributed by atoms with Gasteiger partial charge in [-0.1, -0.05) is 57.4 Å². The van der Waals surface area contributed by atoms with Crippen LogP contribution in [0.1, 0.15) is 65.2 Å². The highest BCUT2D eigenvalue weighted by molar-refractivity contribution is 5.71. The number of ether oxygens (including phenoxy) is 1. The molecular weight excluding hydrogens is 224 g/mol. The van der Waals surface area contributed by atoms with Gasteiger partial charge in [0, 0.05) is 0 Å². The molecule has 0 bridgehead atoms. The molecule has 0 aliphatic heterocycles. The van der Waals surface area contributed by atoms with Crippen LogP contribution in [0.15, 0.2) is 24.3 Å². The summed E-state index contributed by atoms with van der Waals surface area (Å²) in [6.45, 7) is 4.78. The van der Waals surface area contributed by atoms with Gasteiger partial charge in [0.25, 0.3) is 0 Å². The normalized spacial score (nSPS) is 11.4. The number of hydrogen-bond donors (Lipinski definition) is 0. The van der Waals surface area contributed by atoms with Crippen LogP contribution in [-0.4, -0.2) is 12.6 Å². The van der Waals surface area contributed by atoms with Crippen LogP contribution in [0.4, 0.5) is 0 Å². The van der Waals surface area contributed by atoms with Crippen molar-refractivity contribution in [3.63, 3.8) is 0 Å². The predicted molar refractivity (Wildman–Crippen MR) is 77.5 cm³/mol. The molecule has 0 saturated carbocycles. The lowest BCUT2D eigenvalue weighted by Crippen LogP contribution is -2.03. The topological polar surface area (TPSA) is 26.3 Å². The molecule has 0 unspecified atom stereocenters. The molecule has 0 fully saturated rings. The summed E-state index contributed by atoms with van der Waals surface area (Å²) in [6.07, 6.45) is 16.7. The molecule has 2 nitrogen and oxygen atoms in total. The lowest BCUT2D eigenvalue weighted by atomic mass is 10.1. The molecule has 0 aliphatic rings. The number of esters is 1. The third-order valence-electron chi connectivity index (χ3n) is 2.63. The molecule has 0 atom stereocenters. The van der Waals surface area contributed by atoms with Crippen LogP contribution in [0.25, 0.3) is 0 Å². The average Bonchev–Trinajstić information content (AvgIpc) is 2.37. The number of unbranched alkanes of at least 4 members (excludes halogenated alkanes) is 4. The molecule has 0 amide bonds. The number of carbonyl (C=O) groups is 1. The zero-order valence-electron chi connectivity index (χ0n) is 12.0. The van der Waals surface area contributed by atoms with E-state index >= 15 is 0 Å². The Morgan fingerprint density at radius 3 is 2.44 bits per heavy atom. The predicted octanol–water partition coefficient (Wildman–Crippen LogP) is 4.80. The van der Waals surface area contributed by atoms with Crippen molar-refractivity contribution >= 4 is 5.97 Å². The molecule has 0 spiro atoms. The zero-order valence-corrected chi connectivity index (χ0v) is 12.0. The maximum atomic E-state index is 11.2. The third kappa shape index (κ3) is 13.0. The highest BCUT2D eigenvalue weighted by atomic mass is 16.5. The Balaban J connectivity index is 3.30. The fraction of sp³-hybridized carbons (Fsp3) is 0.688. The van der Waals surface area contributed by atoms with Gasteiger partial charge in [-0.2, -0.15) is 0 Å². The second kappa shape index (κ2) is 14.0. The Morgan fingerprint density at radius 2 is 1.72 bits per heavy atom. The van der Waals surface area contributed by atoms with Gasteiger partial charge in [-0.05, 0) is 25.7 Å². The van der Waals surface area contributed by atoms with Crippen LogP contribution in [0.5, 0.6) is 0 Å². The van der Waals surface area contributed by atoms with Crippen molar-refractivity contribution in [1.82, 2.24) is 0 Å². The highest BCUT2D eigenvalue weighted by Crippen LogP contribution is 2.03. The average molecular weight is 252 g/mol. The van der Waals surface area contributed by atoms with Crippen molar-refractivity contribution in [1.29, 1.82) is 0 Å². The zero-order chi connectivity index (χ0) is 13.5. The van der Waals surface area contributed by atoms with Crippen molar-refractivity contribution in [2.75, 3.05) is 6.61 Å². The maximum absolute atomic E-state index is 11.2. The summed E-state index contributed by atoms with van der Waals surface area (Å²) in [5.74, 6) is -0.129. The van der Waals surface area contributed by atoms with E-state index in [0.29, 0.717) is 13.0 Å². The SMILES string of the molecule is CCC=CCC(=O)OCCC=CCCCCCC. The van der Waals surface area contributed by atoms with Crippen LogP contribution in [0, 0.1) is 0 Å². The summed E-state index contributed by atoms with van der Waals surface area (Å²) >= 11 is 0. The molecule has 0 N–H and O–H groups in total. The molecule has 2 heteroatoms. The standard InChI is InChI=1S/C16H28O2/c1-3-5-7-8-9-10-11-13-15-18-16(17)14-12-6-4-2/h6,10-12H,3-5,7-9,13-15H2,1-2H3. The van der Waals surface area contributed by atoms with E-state index in [1.807, 2.05) is 19.1 Å². The Morgan fingerprint density at radius 1 is 0.944 bits per heavy atom. The van der Waals surface area contributed by atoms with Crippen molar-refractivity contribution in [2.24, 2.45) is 0 Å². The van der Waals surface area contributed by atoms with E-state index in [-0.39, 0.29) is 5.97 Å². The van der Waals surface area contributed by atoms with Crippen LogP contribution < -0.4 is 0 Å². The van der Waals surface area contributed by atoms with Crippen molar-refractivity contribution < 1.29 is 9.53 Å². The van der Waals surface area contributed by atoms with E-state index in [9.17, 15) is 4.79 Å². The Bertz CT molecular complexity index is 241. The van der Waals surface area contributed by atoms with E-state index in [1.165, 1.54) is 25.7 Å². The first-order valence-electron chi connectivity index (χ1n) is 7.26. The molecule has 0 saturated heterocycles. The monoisotopic (exact) mass is 252 g/mol. The minimum absolute atomic E-state index is 0.129. The number of allylic oxidation sites excluding steroid dienone is 2. The molecule has 0 heterocycles. The van der Waals surface area contributed by atoms with Crippen LogP contribution in [-0.2, 0) is 9.53 Å². The molecule has 0 rings (SSSR count). The van der Waals surface area contributed by atoms with E-state index in [2.05, 4.69) is 19.1 Å². The third-order valence-corrected chi connectivity index (χ3v) is 2.63. The van der Waals surface area contributed by atoms with Crippen molar-refractivity contribution in [2.45, 2.75) is 65.2 Å². The van der Waals surface area contributed by atoms with Crippen molar-refractivity contribution in [3.8, 4) is 0 Å². The molecule has 18 heavy (non-hydrogen) atoms. The largest absolute Gasteiger partial charge is 0.465 e. The van der Waals surface area contributed by atoms with Crippen molar-refractivity contribution in [3.05, 3.63) is 24.3 Å². The van der Waals surface area contributed by atoms with Gasteiger partial charge in [0.1, 0.15) is 0 Å². The van der Waals surface area contributed by atoms with Gasteiger partial charge in [-0.3, -0.25) is 4.79 Å². The van der Waals surface area contributed by atoms with E-state index in [4.69, 9.17) is 4.74 Å². The van der Waals surface area contributed by atoms with Gasteiger partial charge in [0.15, 0.2) is 0 Å². The number of hydrogen-bond acceptors (Lipinski definition) is 2. The fourth-order valence-electron chi connectivity index (χ4n) is 1.57. The lowest BCUT2D eigenvalue weighted by Gasteiger charge is -2.00. The van der Waals surface area contributed by atoms with Gasteiger partial charge in [0.2, 0.25) is 0 Å². The quantitative estimate of drug-likeness (QED) is 0.300. The minimum Gasteiger partial charge on any atom is -0.465 e. The summed E-state index contributed by atoms with van der Waals surface area (Å²) < 4.78 is 5.09. The van der Waals surface area contributed by atoms with Crippen LogP contribution in [0.3, 0.4) is 0 Å². The molecule has 0 aliphatic carbocycles. The van der Waals surface area contributed by atoms with Gasteiger partial charge in [-0.15, -0.1) is 0 Å². The second-order valence-electron chi connectivity index (χ2n) is 4.41. The molecule has 0 aromatic rings. The molecule has 0 radical (unpaired) electrons. The summed E-state index contributed by atoms with van der Waals surface area (Å²) in [5.41, 5.74) is 0. The first kappa shape index (κ1) is 16.9. The van der Waals surface area contributed by atoms with E-state index < -0.39 is 0 Å². The Hall–Kier alpha value is -1.05. The number of rotatable bonds is 11. The summed E-state index contributed by atoms with van der Waals surface area (Å²) in [4.78, 5) is 11.2. The van der Waals surface area contributed by atoms with E-state index in [1.54, 1.807) is 0 Å². The Labute approximate surface area is 112 Å². The summed E-state index contributed by atoms with van der Waals surface area (Å²) in [5, 5.41) is 0.